The molecule has 0 aromatic heterocycles. The fraction of sp³-hybridized carbons (Fsp3) is 0.333. The molecule has 14 heavy (non-hydrogen) atoms. The van der Waals surface area contributed by atoms with Gasteiger partial charge in [-0.25, -0.2) is 9.18 Å². The Kier molecular flexibility index (Phi) is 3.21. The number of hydrogen-bond acceptors (Lipinski definition) is 3. The van der Waals surface area contributed by atoms with E-state index < -0.39 is 16.3 Å². The highest BCUT2D eigenvalue weighted by atomic mass is 79.9. The molecule has 0 aliphatic heterocycles. The molecule has 0 bridgehead atoms. The summed E-state index contributed by atoms with van der Waals surface area (Å²) < 4.78 is 15.7. The summed E-state index contributed by atoms with van der Waals surface area (Å²) in [7, 11) is 0. The van der Waals surface area contributed by atoms with Gasteiger partial charge >= 0.3 is 5.97 Å². The van der Waals surface area contributed by atoms with E-state index in [2.05, 4.69) is 20.7 Å². The summed E-state index contributed by atoms with van der Waals surface area (Å²) >= 11 is 2.57. The zero-order valence-corrected chi connectivity index (χ0v) is 9.01. The molecule has 1 unspecified atom stereocenters. The van der Waals surface area contributed by atoms with Gasteiger partial charge in [-0.1, -0.05) is 0 Å². The molecule has 5 heteroatoms. The van der Waals surface area contributed by atoms with Crippen molar-refractivity contribution in [2.24, 2.45) is 0 Å². The number of hydrogen-bond donors (Lipinski definition) is 0. The van der Waals surface area contributed by atoms with Gasteiger partial charge < -0.3 is 4.74 Å². The van der Waals surface area contributed by atoms with E-state index in [0.717, 1.165) is 12.2 Å². The van der Waals surface area contributed by atoms with Crippen LogP contribution in [0, 0.1) is 0 Å². The summed E-state index contributed by atoms with van der Waals surface area (Å²) in [4.78, 5) is 22.1. The third-order valence-corrected chi connectivity index (χ3v) is 2.21. The number of carbonyl (C=O) groups excluding carboxylic acids is 2. The number of carbonyl (C=O) groups is 2. The smallest absolute Gasteiger partial charge is 0.337 e. The van der Waals surface area contributed by atoms with Crippen molar-refractivity contribution in [3.63, 3.8) is 0 Å². The maximum atomic E-state index is 13.3. The summed E-state index contributed by atoms with van der Waals surface area (Å²) in [5.74, 6) is -1.39. The minimum absolute atomic E-state index is 0.0332. The normalized spacial score (nSPS) is 25.9. The Morgan fingerprint density at radius 1 is 1.64 bits per heavy atom. The first kappa shape index (κ1) is 11.1. The molecule has 0 saturated heterocycles. The Labute approximate surface area is 88.7 Å². The fourth-order valence-corrected chi connectivity index (χ4v) is 1.31. The van der Waals surface area contributed by atoms with Gasteiger partial charge in [-0.2, -0.15) is 0 Å². The Hall–Kier alpha value is -0.970. The van der Waals surface area contributed by atoms with Gasteiger partial charge in [0, 0.05) is 0 Å². The number of rotatable bonds is 2. The minimum Gasteiger partial charge on any atom is -0.462 e. The first-order chi connectivity index (χ1) is 6.47. The van der Waals surface area contributed by atoms with Gasteiger partial charge in [0.2, 0.25) is 10.4 Å². The van der Waals surface area contributed by atoms with Gasteiger partial charge in [0.15, 0.2) is 0 Å². The van der Waals surface area contributed by atoms with Crippen molar-refractivity contribution in [1.82, 2.24) is 0 Å². The van der Waals surface area contributed by atoms with Crippen molar-refractivity contribution in [2.75, 3.05) is 6.61 Å². The van der Waals surface area contributed by atoms with E-state index >= 15 is 0 Å². The van der Waals surface area contributed by atoms with Crippen LogP contribution < -0.4 is 0 Å². The standard InChI is InChI=1S/C9H8BrFO3/c1-2-14-8(13)6-3-4-7(12)9(10,11)5-6/h3-5H,2H2,1H3. The molecule has 0 amide bonds. The van der Waals surface area contributed by atoms with Crippen molar-refractivity contribution >= 4 is 27.7 Å². The highest BCUT2D eigenvalue weighted by Gasteiger charge is 2.35. The van der Waals surface area contributed by atoms with Gasteiger partial charge in [0.1, 0.15) is 0 Å². The molecule has 0 aromatic rings. The van der Waals surface area contributed by atoms with Crippen LogP contribution in [0.3, 0.4) is 0 Å². The molecule has 0 N–H and O–H groups in total. The third kappa shape index (κ3) is 2.29. The van der Waals surface area contributed by atoms with Crippen LogP contribution >= 0.6 is 15.9 Å². The minimum atomic E-state index is -2.29. The molecule has 0 aromatic carbocycles. The Morgan fingerprint density at radius 3 is 2.79 bits per heavy atom. The van der Waals surface area contributed by atoms with Crippen molar-refractivity contribution in [1.29, 1.82) is 0 Å². The van der Waals surface area contributed by atoms with E-state index in [1.807, 2.05) is 0 Å². The fourth-order valence-electron chi connectivity index (χ4n) is 0.933. The zero-order chi connectivity index (χ0) is 10.8. The van der Waals surface area contributed by atoms with E-state index in [4.69, 9.17) is 0 Å². The van der Waals surface area contributed by atoms with E-state index in [9.17, 15) is 14.0 Å². The molecule has 1 aliphatic rings. The van der Waals surface area contributed by atoms with Crippen LogP contribution in [0.25, 0.3) is 0 Å². The lowest BCUT2D eigenvalue weighted by Crippen LogP contribution is -2.26. The Balaban J connectivity index is 2.88. The zero-order valence-electron chi connectivity index (χ0n) is 7.42. The van der Waals surface area contributed by atoms with Gasteiger partial charge in [-0.15, -0.1) is 0 Å². The Morgan fingerprint density at radius 2 is 2.29 bits per heavy atom. The highest BCUT2D eigenvalue weighted by molar-refractivity contribution is 9.10. The second-order valence-corrected chi connectivity index (χ2v) is 3.79. The lowest BCUT2D eigenvalue weighted by atomic mass is 10.0. The van der Waals surface area contributed by atoms with E-state index in [1.54, 1.807) is 6.92 Å². The number of alkyl halides is 2. The van der Waals surface area contributed by atoms with Crippen molar-refractivity contribution in [3.05, 3.63) is 23.8 Å². The molecule has 0 fully saturated rings. The van der Waals surface area contributed by atoms with Crippen LogP contribution in [0.1, 0.15) is 6.92 Å². The first-order valence-electron chi connectivity index (χ1n) is 3.97. The molecule has 1 aliphatic carbocycles. The van der Waals surface area contributed by atoms with Gasteiger partial charge in [0.05, 0.1) is 12.2 Å². The second kappa shape index (κ2) is 4.04. The van der Waals surface area contributed by atoms with Crippen LogP contribution in [0.2, 0.25) is 0 Å². The molecule has 1 atom stereocenters. The summed E-state index contributed by atoms with van der Waals surface area (Å²) in [6.07, 6.45) is 3.13. The van der Waals surface area contributed by atoms with E-state index in [-0.39, 0.29) is 12.2 Å². The molecule has 0 heterocycles. The SMILES string of the molecule is CCOC(=O)C1=CC(F)(Br)C(=O)C=C1. The van der Waals surface area contributed by atoms with Crippen LogP contribution in [0.15, 0.2) is 23.8 Å². The van der Waals surface area contributed by atoms with E-state index in [0.29, 0.717) is 0 Å². The van der Waals surface area contributed by atoms with Crippen molar-refractivity contribution in [2.45, 2.75) is 11.5 Å². The maximum Gasteiger partial charge on any atom is 0.337 e. The largest absolute Gasteiger partial charge is 0.462 e. The molecule has 0 spiro atoms. The maximum absolute atomic E-state index is 13.3. The molecule has 1 rings (SSSR count). The van der Waals surface area contributed by atoms with Crippen LogP contribution in [-0.2, 0) is 14.3 Å². The summed E-state index contributed by atoms with van der Waals surface area (Å²) in [5, 5.41) is 0. The van der Waals surface area contributed by atoms with Gasteiger partial charge in [-0.05, 0) is 41.1 Å². The van der Waals surface area contributed by atoms with Crippen molar-refractivity contribution in [3.8, 4) is 0 Å². The van der Waals surface area contributed by atoms with Crippen LogP contribution in [0.5, 0.6) is 0 Å². The molecule has 76 valence electrons. The summed E-state index contributed by atoms with van der Waals surface area (Å²) in [5.41, 5.74) is 0.0332. The average Bonchev–Trinajstić information content (AvgIpc) is 2.10. The van der Waals surface area contributed by atoms with Gasteiger partial charge in [0.25, 0.3) is 0 Å². The Bertz CT molecular complexity index is 331. The molecule has 0 saturated carbocycles. The molecular formula is C9H8BrFO3. The second-order valence-electron chi connectivity index (χ2n) is 2.64. The quantitative estimate of drug-likeness (QED) is 0.562. The molecule has 0 radical (unpaired) electrons. The van der Waals surface area contributed by atoms with Crippen LogP contribution in [0.4, 0.5) is 4.39 Å². The highest BCUT2D eigenvalue weighted by Crippen LogP contribution is 2.29. The first-order valence-corrected chi connectivity index (χ1v) is 4.77. The average molecular weight is 263 g/mol. The van der Waals surface area contributed by atoms with Crippen molar-refractivity contribution < 1.29 is 18.7 Å². The molecule has 3 nitrogen and oxygen atoms in total. The lowest BCUT2D eigenvalue weighted by molar-refractivity contribution is -0.138. The monoisotopic (exact) mass is 262 g/mol. The van der Waals surface area contributed by atoms with Gasteiger partial charge in [-0.3, -0.25) is 4.79 Å². The number of halogens is 2. The third-order valence-electron chi connectivity index (χ3n) is 1.59. The number of ketones is 1. The van der Waals surface area contributed by atoms with Crippen LogP contribution in [-0.4, -0.2) is 22.9 Å². The topological polar surface area (TPSA) is 43.4 Å². The number of allylic oxidation sites excluding steroid dienone is 2. The predicted octanol–water partition coefficient (Wildman–Crippen LogP) is 1.68. The number of ether oxygens (including phenoxy) is 1. The lowest BCUT2D eigenvalue weighted by Gasteiger charge is -2.15. The molecular weight excluding hydrogens is 255 g/mol. The van der Waals surface area contributed by atoms with E-state index in [1.165, 1.54) is 6.08 Å². The summed E-state index contributed by atoms with van der Waals surface area (Å²) in [6, 6.07) is 0. The predicted molar refractivity (Wildman–Crippen MR) is 51.6 cm³/mol. The number of esters is 1. The summed E-state index contributed by atoms with van der Waals surface area (Å²) in [6.45, 7) is 1.85.